The lowest BCUT2D eigenvalue weighted by Gasteiger charge is -2.37. The molecule has 6 nitrogen and oxygen atoms in total. The summed E-state index contributed by atoms with van der Waals surface area (Å²) in [4.78, 5) is 0. The van der Waals surface area contributed by atoms with E-state index in [1.54, 1.807) is 19.1 Å². The second kappa shape index (κ2) is 6.21. The monoisotopic (exact) mass is 314 g/mol. The zero-order valence-corrected chi connectivity index (χ0v) is 13.4. The predicted molar refractivity (Wildman–Crippen MR) is 81.6 cm³/mol. The normalized spacial score (nSPS) is 24.0. The van der Waals surface area contributed by atoms with E-state index in [0.717, 1.165) is 0 Å². The molecule has 118 valence electrons. The van der Waals surface area contributed by atoms with Crippen molar-refractivity contribution in [2.24, 2.45) is 0 Å². The van der Waals surface area contributed by atoms with Gasteiger partial charge in [-0.05, 0) is 45.0 Å². The summed E-state index contributed by atoms with van der Waals surface area (Å²) in [5.74, 6) is 0.112. The fourth-order valence-electron chi connectivity index (χ4n) is 2.56. The summed E-state index contributed by atoms with van der Waals surface area (Å²) in [5, 5.41) is 9.34. The molecule has 2 unspecified atom stereocenters. The van der Waals surface area contributed by atoms with E-state index in [4.69, 9.17) is 4.74 Å². The van der Waals surface area contributed by atoms with Crippen LogP contribution in [0.15, 0.2) is 24.3 Å². The fourth-order valence-corrected chi connectivity index (χ4v) is 4.35. The first-order valence-corrected chi connectivity index (χ1v) is 8.46. The van der Waals surface area contributed by atoms with Gasteiger partial charge in [0.05, 0.1) is 17.9 Å². The third kappa shape index (κ3) is 3.48. The Morgan fingerprint density at radius 3 is 2.24 bits per heavy atom. The molecule has 0 radical (unpaired) electrons. The highest BCUT2D eigenvalue weighted by Crippen LogP contribution is 2.24. The van der Waals surface area contributed by atoms with Gasteiger partial charge in [0.2, 0.25) is 0 Å². The van der Waals surface area contributed by atoms with Crippen molar-refractivity contribution in [2.45, 2.75) is 33.0 Å². The van der Waals surface area contributed by atoms with Gasteiger partial charge in [-0.3, -0.25) is 4.31 Å². The van der Waals surface area contributed by atoms with E-state index in [0.29, 0.717) is 25.3 Å². The maximum Gasteiger partial charge on any atom is 0.304 e. The molecule has 21 heavy (non-hydrogen) atoms. The molecule has 7 heteroatoms. The number of ether oxygens (including phenoxy) is 1. The fraction of sp³-hybridized carbons (Fsp3) is 0.571. The molecule has 2 rings (SSSR count). The zero-order valence-electron chi connectivity index (χ0n) is 12.6. The van der Waals surface area contributed by atoms with E-state index in [1.165, 1.54) is 20.7 Å². The molecule has 0 bridgehead atoms. The molecule has 1 fully saturated rings. The van der Waals surface area contributed by atoms with Crippen LogP contribution in [-0.2, 0) is 14.9 Å². The lowest BCUT2D eigenvalue weighted by molar-refractivity contribution is -0.0441. The smallest absolute Gasteiger partial charge is 0.304 e. The maximum absolute atomic E-state index is 12.8. The number of aromatic hydroxyl groups is 1. The number of morpholine rings is 1. The molecule has 2 atom stereocenters. The van der Waals surface area contributed by atoms with E-state index in [-0.39, 0.29) is 18.0 Å². The minimum atomic E-state index is -3.60. The number of rotatable bonds is 4. The summed E-state index contributed by atoms with van der Waals surface area (Å²) in [6.45, 7) is 6.55. The molecule has 0 aromatic heterocycles. The molecule has 0 spiro atoms. The van der Waals surface area contributed by atoms with E-state index in [9.17, 15) is 13.5 Å². The summed E-state index contributed by atoms with van der Waals surface area (Å²) < 4.78 is 34.0. The van der Waals surface area contributed by atoms with Crippen molar-refractivity contribution in [3.63, 3.8) is 0 Å². The first kappa shape index (κ1) is 16.1. The van der Waals surface area contributed by atoms with Crippen molar-refractivity contribution >= 4 is 15.9 Å². The van der Waals surface area contributed by atoms with Crippen LogP contribution in [0.5, 0.6) is 5.75 Å². The molecule has 1 aromatic carbocycles. The van der Waals surface area contributed by atoms with E-state index in [2.05, 4.69) is 0 Å². The second-order valence-electron chi connectivity index (χ2n) is 5.26. The van der Waals surface area contributed by atoms with Gasteiger partial charge in [0.1, 0.15) is 5.75 Å². The number of phenols is 1. The maximum atomic E-state index is 12.8. The van der Waals surface area contributed by atoms with Gasteiger partial charge in [-0.25, -0.2) is 0 Å². The van der Waals surface area contributed by atoms with Crippen LogP contribution in [0, 0.1) is 0 Å². The molecule has 0 amide bonds. The van der Waals surface area contributed by atoms with E-state index < -0.39 is 10.2 Å². The van der Waals surface area contributed by atoms with Crippen LogP contribution < -0.4 is 4.31 Å². The van der Waals surface area contributed by atoms with Gasteiger partial charge in [0, 0.05) is 19.6 Å². The molecule has 1 aliphatic heterocycles. The Morgan fingerprint density at radius 1 is 1.24 bits per heavy atom. The van der Waals surface area contributed by atoms with Crippen molar-refractivity contribution < 1.29 is 18.3 Å². The van der Waals surface area contributed by atoms with Crippen LogP contribution in [-0.4, -0.2) is 49.7 Å². The first-order valence-electron chi connectivity index (χ1n) is 7.07. The van der Waals surface area contributed by atoms with Crippen LogP contribution in [0.1, 0.15) is 20.8 Å². The lowest BCUT2D eigenvalue weighted by atomic mass is 10.3. The summed E-state index contributed by atoms with van der Waals surface area (Å²) >= 11 is 0. The van der Waals surface area contributed by atoms with Gasteiger partial charge in [-0.2, -0.15) is 12.7 Å². The standard InChI is InChI=1S/C14H22N2O4S/c1-4-16(13-5-7-14(17)8-6-13)21(18,19)15-9-11(2)20-12(3)10-15/h5-8,11-12,17H,4,9-10H2,1-3H3. The highest BCUT2D eigenvalue weighted by atomic mass is 32.2. The minimum absolute atomic E-state index is 0.112. The average Bonchev–Trinajstić information content (AvgIpc) is 2.40. The predicted octanol–water partition coefficient (Wildman–Crippen LogP) is 1.57. The summed E-state index contributed by atoms with van der Waals surface area (Å²) in [6.07, 6.45) is -0.246. The molecule has 1 heterocycles. The van der Waals surface area contributed by atoms with Crippen molar-refractivity contribution in [3.8, 4) is 5.75 Å². The summed E-state index contributed by atoms with van der Waals surface area (Å²) in [7, 11) is -3.60. The number of nitrogens with zero attached hydrogens (tertiary/aromatic N) is 2. The van der Waals surface area contributed by atoms with Crippen LogP contribution >= 0.6 is 0 Å². The van der Waals surface area contributed by atoms with Crippen molar-refractivity contribution in [3.05, 3.63) is 24.3 Å². The van der Waals surface area contributed by atoms with Gasteiger partial charge in [0.25, 0.3) is 0 Å². The van der Waals surface area contributed by atoms with E-state index in [1.807, 2.05) is 13.8 Å². The number of phenolic OH excluding ortho intramolecular Hbond substituents is 1. The highest BCUT2D eigenvalue weighted by Gasteiger charge is 2.34. The topological polar surface area (TPSA) is 70.1 Å². The third-order valence-electron chi connectivity index (χ3n) is 3.42. The average molecular weight is 314 g/mol. The van der Waals surface area contributed by atoms with Gasteiger partial charge in [0.15, 0.2) is 0 Å². The van der Waals surface area contributed by atoms with E-state index >= 15 is 0 Å². The molecular weight excluding hydrogens is 292 g/mol. The number of anilines is 1. The van der Waals surface area contributed by atoms with Crippen molar-refractivity contribution in [1.82, 2.24) is 4.31 Å². The Labute approximate surface area is 126 Å². The Morgan fingerprint density at radius 2 is 1.76 bits per heavy atom. The zero-order chi connectivity index (χ0) is 15.6. The van der Waals surface area contributed by atoms with Crippen LogP contribution in [0.25, 0.3) is 0 Å². The van der Waals surface area contributed by atoms with Crippen LogP contribution in [0.3, 0.4) is 0 Å². The Bertz CT molecular complexity index is 563. The summed E-state index contributed by atoms with van der Waals surface area (Å²) in [5.41, 5.74) is 0.544. The number of benzene rings is 1. The minimum Gasteiger partial charge on any atom is -0.508 e. The molecular formula is C14H22N2O4S. The SMILES string of the molecule is CCN(c1ccc(O)cc1)S(=O)(=O)N1CC(C)OC(C)C1. The highest BCUT2D eigenvalue weighted by molar-refractivity contribution is 7.90. The summed E-state index contributed by atoms with van der Waals surface area (Å²) in [6, 6.07) is 6.17. The number of hydrogen-bond acceptors (Lipinski definition) is 4. The molecule has 1 aromatic rings. The quantitative estimate of drug-likeness (QED) is 0.916. The Balaban J connectivity index is 2.29. The molecule has 0 saturated carbocycles. The van der Waals surface area contributed by atoms with Gasteiger partial charge in [-0.1, -0.05) is 0 Å². The van der Waals surface area contributed by atoms with Gasteiger partial charge >= 0.3 is 10.2 Å². The number of hydrogen-bond donors (Lipinski definition) is 1. The largest absolute Gasteiger partial charge is 0.508 e. The van der Waals surface area contributed by atoms with Crippen LogP contribution in [0.4, 0.5) is 5.69 Å². The van der Waals surface area contributed by atoms with Crippen molar-refractivity contribution in [1.29, 1.82) is 0 Å². The van der Waals surface area contributed by atoms with Crippen LogP contribution in [0.2, 0.25) is 0 Å². The molecule has 1 saturated heterocycles. The Hall–Kier alpha value is -1.31. The second-order valence-corrected chi connectivity index (χ2v) is 7.12. The molecule has 1 N–H and O–H groups in total. The first-order chi connectivity index (χ1) is 9.84. The molecule has 1 aliphatic rings. The van der Waals surface area contributed by atoms with Crippen molar-refractivity contribution in [2.75, 3.05) is 23.9 Å². The van der Waals surface area contributed by atoms with Gasteiger partial charge in [-0.15, -0.1) is 0 Å². The Kier molecular flexibility index (Phi) is 4.75. The van der Waals surface area contributed by atoms with Gasteiger partial charge < -0.3 is 9.84 Å². The third-order valence-corrected chi connectivity index (χ3v) is 5.39. The lowest BCUT2D eigenvalue weighted by Crippen LogP contribution is -2.53. The molecule has 0 aliphatic carbocycles.